The molecule has 5 nitrogen and oxygen atoms in total. The number of rotatable bonds is 7. The lowest BCUT2D eigenvalue weighted by molar-refractivity contribution is -0.118. The van der Waals surface area contributed by atoms with Crippen LogP contribution in [0.1, 0.15) is 11.1 Å². The number of benzene rings is 3. The van der Waals surface area contributed by atoms with Crippen molar-refractivity contribution in [3.05, 3.63) is 93.4 Å². The second-order valence-corrected chi connectivity index (χ2v) is 8.93. The third-order valence-electron chi connectivity index (χ3n) is 4.50. The summed E-state index contributed by atoms with van der Waals surface area (Å²) in [5.74, 6) is 0.00967. The second kappa shape index (κ2) is 10.1. The molecule has 4 rings (SSSR count). The first kappa shape index (κ1) is 21.6. The minimum Gasteiger partial charge on any atom is -0.314 e. The summed E-state index contributed by atoms with van der Waals surface area (Å²) in [7, 11) is 0. The third kappa shape index (κ3) is 5.55. The molecule has 8 heteroatoms. The topological polar surface area (TPSA) is 59.3 Å². The Morgan fingerprint density at radius 2 is 1.84 bits per heavy atom. The average molecular weight is 514 g/mol. The summed E-state index contributed by atoms with van der Waals surface area (Å²) in [4.78, 5) is 17.0. The van der Waals surface area contributed by atoms with Crippen LogP contribution in [0.3, 0.4) is 0 Å². The molecule has 0 spiro atoms. The highest BCUT2D eigenvalue weighted by Gasteiger charge is 2.13. The van der Waals surface area contributed by atoms with Crippen molar-refractivity contribution >= 4 is 62.4 Å². The first-order valence-electron chi connectivity index (χ1n) is 9.49. The molecule has 0 saturated carbocycles. The molecule has 3 aromatic carbocycles. The summed E-state index contributed by atoms with van der Waals surface area (Å²) in [6.07, 6.45) is 1.61. The van der Waals surface area contributed by atoms with Gasteiger partial charge in [-0.05, 0) is 35.9 Å². The molecule has 0 radical (unpaired) electrons. The Hall–Kier alpha value is -2.61. The molecule has 31 heavy (non-hydrogen) atoms. The van der Waals surface area contributed by atoms with Crippen LogP contribution in [0, 0.1) is 0 Å². The van der Waals surface area contributed by atoms with Crippen molar-refractivity contribution in [3.63, 3.8) is 0 Å². The molecule has 0 atom stereocenters. The highest BCUT2D eigenvalue weighted by Crippen LogP contribution is 2.25. The molecule has 0 aliphatic carbocycles. The second-order valence-electron chi connectivity index (χ2n) is 6.70. The van der Waals surface area contributed by atoms with Crippen LogP contribution in [0.25, 0.3) is 11.0 Å². The molecular weight excluding hydrogens is 496 g/mol. The number of para-hydroxylation sites is 2. The predicted molar refractivity (Wildman–Crippen MR) is 131 cm³/mol. The number of halogens is 2. The van der Waals surface area contributed by atoms with Crippen LogP contribution < -0.4 is 5.43 Å². The lowest BCUT2D eigenvalue weighted by Gasteiger charge is -2.09. The summed E-state index contributed by atoms with van der Waals surface area (Å²) in [5.41, 5.74) is 6.49. The number of hydrogen-bond donors (Lipinski definition) is 1. The van der Waals surface area contributed by atoms with Crippen molar-refractivity contribution in [1.82, 2.24) is 15.0 Å². The third-order valence-corrected chi connectivity index (χ3v) is 6.45. The van der Waals surface area contributed by atoms with E-state index in [1.54, 1.807) is 6.21 Å². The Labute approximate surface area is 197 Å². The van der Waals surface area contributed by atoms with Gasteiger partial charge in [-0.25, -0.2) is 10.4 Å². The minimum atomic E-state index is -0.196. The highest BCUT2D eigenvalue weighted by atomic mass is 79.9. The van der Waals surface area contributed by atoms with Crippen LogP contribution in [0.15, 0.2) is 87.5 Å². The van der Waals surface area contributed by atoms with E-state index in [1.165, 1.54) is 11.8 Å². The van der Waals surface area contributed by atoms with E-state index in [0.717, 1.165) is 31.8 Å². The monoisotopic (exact) mass is 512 g/mol. The maximum Gasteiger partial charge on any atom is 0.250 e. The smallest absolute Gasteiger partial charge is 0.250 e. The van der Waals surface area contributed by atoms with Crippen LogP contribution in [0.4, 0.5) is 0 Å². The molecule has 1 aromatic heterocycles. The largest absolute Gasteiger partial charge is 0.314 e. The van der Waals surface area contributed by atoms with Crippen molar-refractivity contribution in [3.8, 4) is 0 Å². The fraction of sp³-hybridized carbons (Fsp3) is 0.0870. The Morgan fingerprint density at radius 3 is 2.65 bits per heavy atom. The van der Waals surface area contributed by atoms with Gasteiger partial charge in [0, 0.05) is 15.1 Å². The van der Waals surface area contributed by atoms with Crippen LogP contribution in [0.5, 0.6) is 0 Å². The minimum absolute atomic E-state index is 0.196. The van der Waals surface area contributed by atoms with Crippen molar-refractivity contribution < 1.29 is 4.79 Å². The van der Waals surface area contributed by atoms with Gasteiger partial charge in [-0.1, -0.05) is 81.8 Å². The van der Waals surface area contributed by atoms with Gasteiger partial charge < -0.3 is 4.57 Å². The van der Waals surface area contributed by atoms with Crippen LogP contribution in [0.2, 0.25) is 5.02 Å². The van der Waals surface area contributed by atoms with Gasteiger partial charge in [-0.2, -0.15) is 5.10 Å². The van der Waals surface area contributed by atoms with Crippen LogP contribution in [-0.4, -0.2) is 27.4 Å². The molecule has 1 heterocycles. The quantitative estimate of drug-likeness (QED) is 0.195. The number of fused-ring (bicyclic) bond motifs is 1. The first-order valence-corrected chi connectivity index (χ1v) is 11.6. The Morgan fingerprint density at radius 1 is 1.10 bits per heavy atom. The number of imidazole rings is 1. The number of nitrogens with zero attached hydrogens (tertiary/aromatic N) is 3. The highest BCUT2D eigenvalue weighted by molar-refractivity contribution is 9.10. The van der Waals surface area contributed by atoms with Gasteiger partial charge in [0.2, 0.25) is 0 Å². The number of carbonyl (C=O) groups excluding carboxylic acids is 1. The lowest BCUT2D eigenvalue weighted by atomic mass is 10.2. The van der Waals surface area contributed by atoms with E-state index in [2.05, 4.69) is 31.0 Å². The summed E-state index contributed by atoms with van der Waals surface area (Å²) >= 11 is 10.8. The predicted octanol–water partition coefficient (Wildman–Crippen LogP) is 5.74. The van der Waals surface area contributed by atoms with E-state index in [9.17, 15) is 4.79 Å². The normalized spacial score (nSPS) is 11.3. The zero-order valence-corrected chi connectivity index (χ0v) is 19.5. The van der Waals surface area contributed by atoms with Crippen LogP contribution in [-0.2, 0) is 11.3 Å². The number of hydrogen-bond acceptors (Lipinski definition) is 4. The summed E-state index contributed by atoms with van der Waals surface area (Å²) < 4.78 is 3.03. The van der Waals surface area contributed by atoms with Crippen LogP contribution >= 0.6 is 39.3 Å². The van der Waals surface area contributed by atoms with Crippen molar-refractivity contribution in [2.45, 2.75) is 11.7 Å². The Kier molecular flexibility index (Phi) is 7.06. The van der Waals surface area contributed by atoms with Crippen molar-refractivity contribution in [2.24, 2.45) is 5.10 Å². The van der Waals surface area contributed by atoms with Crippen molar-refractivity contribution in [1.29, 1.82) is 0 Å². The molecule has 156 valence electrons. The number of thioether (sulfide) groups is 1. The molecule has 1 amide bonds. The molecule has 0 aliphatic rings. The maximum atomic E-state index is 12.3. The van der Waals surface area contributed by atoms with E-state index >= 15 is 0 Å². The SMILES string of the molecule is O=C(CSc1nc2ccccc2n1Cc1ccc(Cl)cc1)N/N=C\c1ccccc1Br. The molecule has 0 unspecified atom stereocenters. The summed E-state index contributed by atoms with van der Waals surface area (Å²) in [6.45, 7) is 0.641. The number of aromatic nitrogens is 2. The standard InChI is InChI=1S/C23H18BrClN4OS/c24-19-6-2-1-5-17(19)13-26-28-22(30)15-31-23-27-20-7-3-4-8-21(20)29(23)14-16-9-11-18(25)12-10-16/h1-13H,14-15H2,(H,28,30)/b26-13-. The van der Waals surface area contributed by atoms with Gasteiger partial charge in [0.25, 0.3) is 5.91 Å². The van der Waals surface area contributed by atoms with Gasteiger partial charge in [-0.15, -0.1) is 0 Å². The van der Waals surface area contributed by atoms with Gasteiger partial charge in [0.15, 0.2) is 5.16 Å². The zero-order chi connectivity index (χ0) is 21.6. The number of amides is 1. The fourth-order valence-electron chi connectivity index (χ4n) is 3.00. The molecule has 1 N–H and O–H groups in total. The molecule has 0 fully saturated rings. The lowest BCUT2D eigenvalue weighted by Crippen LogP contribution is -2.20. The summed E-state index contributed by atoms with van der Waals surface area (Å²) in [6, 6.07) is 23.4. The molecule has 0 bridgehead atoms. The van der Waals surface area contributed by atoms with Gasteiger partial charge >= 0.3 is 0 Å². The molecule has 0 saturated heterocycles. The van der Waals surface area contributed by atoms with E-state index in [1.807, 2.05) is 72.8 Å². The summed E-state index contributed by atoms with van der Waals surface area (Å²) in [5, 5.41) is 5.53. The van der Waals surface area contributed by atoms with E-state index in [4.69, 9.17) is 16.6 Å². The van der Waals surface area contributed by atoms with E-state index in [-0.39, 0.29) is 11.7 Å². The van der Waals surface area contributed by atoms with E-state index in [0.29, 0.717) is 11.6 Å². The fourth-order valence-corrected chi connectivity index (χ4v) is 4.32. The number of carbonyl (C=O) groups is 1. The van der Waals surface area contributed by atoms with Gasteiger partial charge in [-0.3, -0.25) is 4.79 Å². The Bertz CT molecular complexity index is 1240. The molecular formula is C23H18BrClN4OS. The maximum absolute atomic E-state index is 12.3. The van der Waals surface area contributed by atoms with Crippen molar-refractivity contribution in [2.75, 3.05) is 5.75 Å². The number of nitrogens with one attached hydrogen (secondary N) is 1. The molecule has 4 aromatic rings. The zero-order valence-electron chi connectivity index (χ0n) is 16.3. The Balaban J connectivity index is 1.46. The number of hydrazone groups is 1. The molecule has 0 aliphatic heterocycles. The average Bonchev–Trinajstić information content (AvgIpc) is 3.12. The first-order chi connectivity index (χ1) is 15.1. The van der Waals surface area contributed by atoms with Gasteiger partial charge in [0.05, 0.1) is 29.5 Å². The van der Waals surface area contributed by atoms with E-state index < -0.39 is 0 Å². The van der Waals surface area contributed by atoms with Gasteiger partial charge in [0.1, 0.15) is 0 Å².